The highest BCUT2D eigenvalue weighted by Crippen LogP contribution is 2.30. The van der Waals surface area contributed by atoms with Crippen molar-refractivity contribution in [2.24, 2.45) is 5.92 Å². The molecule has 1 heterocycles. The quantitative estimate of drug-likeness (QED) is 0.697. The van der Waals surface area contributed by atoms with E-state index in [0.717, 1.165) is 18.4 Å². The van der Waals surface area contributed by atoms with E-state index in [4.69, 9.17) is 9.47 Å². The second-order valence-electron chi connectivity index (χ2n) is 6.67. The highest BCUT2D eigenvalue weighted by atomic mass is 16.5. The zero-order chi connectivity index (χ0) is 16.7. The zero-order valence-electron chi connectivity index (χ0n) is 14.4. The van der Waals surface area contributed by atoms with Crippen molar-refractivity contribution in [1.82, 2.24) is 0 Å². The van der Waals surface area contributed by atoms with Crippen LogP contribution in [-0.4, -0.2) is 29.5 Å². The van der Waals surface area contributed by atoms with Gasteiger partial charge in [0.2, 0.25) is 0 Å². The molecule has 23 heavy (non-hydrogen) atoms. The number of hydrogen-bond donors (Lipinski definition) is 1. The maximum Gasteiger partial charge on any atom is 0.0720 e. The Morgan fingerprint density at radius 3 is 2.70 bits per heavy atom. The van der Waals surface area contributed by atoms with Gasteiger partial charge in [0.15, 0.2) is 0 Å². The number of aliphatic hydroxyl groups is 1. The van der Waals surface area contributed by atoms with E-state index in [1.807, 2.05) is 18.2 Å². The monoisotopic (exact) mass is 318 g/mol. The van der Waals surface area contributed by atoms with E-state index in [1.54, 1.807) is 6.08 Å². The predicted molar refractivity (Wildman–Crippen MR) is 93.2 cm³/mol. The molecule has 0 aliphatic carbocycles. The second-order valence-corrected chi connectivity index (χ2v) is 6.67. The number of hydrogen-bond acceptors (Lipinski definition) is 3. The Labute approximate surface area is 140 Å². The average molecular weight is 318 g/mol. The Morgan fingerprint density at radius 2 is 2.09 bits per heavy atom. The first-order chi connectivity index (χ1) is 11.1. The second kappa shape index (κ2) is 9.21. The van der Waals surface area contributed by atoms with Gasteiger partial charge in [-0.3, -0.25) is 0 Å². The fraction of sp³-hybridized carbons (Fsp3) is 0.600. The Kier molecular flexibility index (Phi) is 7.28. The Balaban J connectivity index is 1.96. The van der Waals surface area contributed by atoms with Crippen molar-refractivity contribution in [3.05, 3.63) is 48.6 Å². The number of aliphatic hydroxyl groups excluding tert-OH is 1. The van der Waals surface area contributed by atoms with Crippen LogP contribution in [0.2, 0.25) is 0 Å². The van der Waals surface area contributed by atoms with E-state index in [2.05, 4.69) is 32.6 Å². The normalized spacial score (nSPS) is 25.0. The molecule has 0 radical (unpaired) electrons. The molecular weight excluding hydrogens is 288 g/mol. The van der Waals surface area contributed by atoms with Crippen LogP contribution in [0, 0.1) is 5.92 Å². The van der Waals surface area contributed by atoms with Crippen LogP contribution in [0.1, 0.15) is 45.1 Å². The number of benzene rings is 1. The third-order valence-electron chi connectivity index (χ3n) is 4.69. The van der Waals surface area contributed by atoms with Crippen molar-refractivity contribution in [2.75, 3.05) is 0 Å². The molecule has 3 nitrogen and oxygen atoms in total. The lowest BCUT2D eigenvalue weighted by Crippen LogP contribution is -2.34. The van der Waals surface area contributed by atoms with Crippen LogP contribution in [0.5, 0.6) is 0 Å². The van der Waals surface area contributed by atoms with Gasteiger partial charge in [-0.15, -0.1) is 6.58 Å². The lowest BCUT2D eigenvalue weighted by molar-refractivity contribution is -0.0741. The van der Waals surface area contributed by atoms with E-state index in [1.165, 1.54) is 0 Å². The summed E-state index contributed by atoms with van der Waals surface area (Å²) >= 11 is 0. The molecule has 1 fully saturated rings. The van der Waals surface area contributed by atoms with Gasteiger partial charge in [0.05, 0.1) is 31.0 Å². The molecule has 1 aromatic carbocycles. The summed E-state index contributed by atoms with van der Waals surface area (Å²) in [5, 5.41) is 10.2. The topological polar surface area (TPSA) is 38.7 Å². The van der Waals surface area contributed by atoms with Crippen molar-refractivity contribution in [3.63, 3.8) is 0 Å². The summed E-state index contributed by atoms with van der Waals surface area (Å²) in [5.41, 5.74) is 1.16. The molecule has 0 spiro atoms. The number of rotatable bonds is 9. The molecule has 1 saturated heterocycles. The Morgan fingerprint density at radius 1 is 1.35 bits per heavy atom. The largest absolute Gasteiger partial charge is 0.393 e. The van der Waals surface area contributed by atoms with Crippen LogP contribution in [0.25, 0.3) is 0 Å². The minimum atomic E-state index is -0.408. The van der Waals surface area contributed by atoms with Gasteiger partial charge < -0.3 is 14.6 Å². The van der Waals surface area contributed by atoms with Crippen molar-refractivity contribution >= 4 is 0 Å². The van der Waals surface area contributed by atoms with E-state index in [9.17, 15) is 5.11 Å². The van der Waals surface area contributed by atoms with Gasteiger partial charge in [-0.1, -0.05) is 43.3 Å². The predicted octanol–water partition coefficient (Wildman–Crippen LogP) is 4.10. The van der Waals surface area contributed by atoms with E-state index >= 15 is 0 Å². The summed E-state index contributed by atoms with van der Waals surface area (Å²) in [7, 11) is 0. The Bertz CT molecular complexity index is 459. The van der Waals surface area contributed by atoms with Gasteiger partial charge in [0.1, 0.15) is 0 Å². The smallest absolute Gasteiger partial charge is 0.0720 e. The summed E-state index contributed by atoms with van der Waals surface area (Å²) in [6.45, 7) is 8.58. The van der Waals surface area contributed by atoms with Crippen LogP contribution in [0.15, 0.2) is 43.0 Å². The number of ether oxygens (including phenoxy) is 2. The molecule has 0 unspecified atom stereocenters. The van der Waals surface area contributed by atoms with Crippen LogP contribution in [0.3, 0.4) is 0 Å². The Hall–Kier alpha value is -1.16. The van der Waals surface area contributed by atoms with Crippen molar-refractivity contribution in [3.8, 4) is 0 Å². The van der Waals surface area contributed by atoms with Crippen molar-refractivity contribution in [2.45, 2.75) is 70.6 Å². The van der Waals surface area contributed by atoms with Crippen molar-refractivity contribution < 1.29 is 14.6 Å². The molecule has 3 heteroatoms. The molecule has 128 valence electrons. The lowest BCUT2D eigenvalue weighted by Gasteiger charge is -2.30. The zero-order valence-corrected chi connectivity index (χ0v) is 14.4. The van der Waals surface area contributed by atoms with Gasteiger partial charge in [0, 0.05) is 12.3 Å². The summed E-state index contributed by atoms with van der Waals surface area (Å²) in [6, 6.07) is 10.2. The third kappa shape index (κ3) is 5.76. The van der Waals surface area contributed by atoms with Crippen LogP contribution in [0.4, 0.5) is 0 Å². The standard InChI is InChI=1S/C20H30O3/c1-4-8-18(21)13-20(16(3)19-12-11-15(2)23-19)22-14-17-9-6-5-7-10-17/h4-7,9-10,15-16,18-21H,1,8,11-14H2,2-3H3/t15-,16+,18+,19+,20-/m1/s1. The third-order valence-corrected chi connectivity index (χ3v) is 4.69. The van der Waals surface area contributed by atoms with Crippen LogP contribution in [-0.2, 0) is 16.1 Å². The summed E-state index contributed by atoms with van der Waals surface area (Å²) < 4.78 is 12.2. The summed E-state index contributed by atoms with van der Waals surface area (Å²) in [4.78, 5) is 0. The van der Waals surface area contributed by atoms with E-state index in [-0.39, 0.29) is 18.1 Å². The molecule has 1 aliphatic heterocycles. The fourth-order valence-electron chi connectivity index (χ4n) is 3.23. The minimum Gasteiger partial charge on any atom is -0.393 e. The minimum absolute atomic E-state index is 0.0135. The van der Waals surface area contributed by atoms with E-state index in [0.29, 0.717) is 25.6 Å². The highest BCUT2D eigenvalue weighted by Gasteiger charge is 2.33. The maximum atomic E-state index is 10.2. The molecule has 0 aromatic heterocycles. The van der Waals surface area contributed by atoms with E-state index < -0.39 is 6.10 Å². The van der Waals surface area contributed by atoms with Gasteiger partial charge in [0.25, 0.3) is 0 Å². The highest BCUT2D eigenvalue weighted by molar-refractivity contribution is 5.13. The molecule has 1 aromatic rings. The maximum absolute atomic E-state index is 10.2. The first-order valence-corrected chi connectivity index (χ1v) is 8.70. The molecule has 5 atom stereocenters. The van der Waals surface area contributed by atoms with Gasteiger partial charge in [-0.2, -0.15) is 0 Å². The lowest BCUT2D eigenvalue weighted by atomic mass is 9.91. The molecule has 2 rings (SSSR count). The molecule has 1 aliphatic rings. The van der Waals surface area contributed by atoms with Crippen LogP contribution >= 0.6 is 0 Å². The fourth-order valence-corrected chi connectivity index (χ4v) is 3.23. The van der Waals surface area contributed by atoms with Gasteiger partial charge in [-0.05, 0) is 31.7 Å². The molecule has 0 amide bonds. The molecule has 1 N–H and O–H groups in total. The summed E-state index contributed by atoms with van der Waals surface area (Å²) in [5.74, 6) is 0.267. The van der Waals surface area contributed by atoms with Crippen LogP contribution < -0.4 is 0 Å². The molecule has 0 bridgehead atoms. The first-order valence-electron chi connectivity index (χ1n) is 8.70. The average Bonchev–Trinajstić information content (AvgIpc) is 2.98. The van der Waals surface area contributed by atoms with Crippen molar-refractivity contribution in [1.29, 1.82) is 0 Å². The molecular formula is C20H30O3. The molecule has 0 saturated carbocycles. The van der Waals surface area contributed by atoms with Gasteiger partial charge >= 0.3 is 0 Å². The SMILES string of the molecule is C=CC[C@H](O)C[C@@H](OCc1ccccc1)[C@@H](C)[C@@H]1CC[C@@H](C)O1. The first kappa shape index (κ1) is 18.2. The van der Waals surface area contributed by atoms with Gasteiger partial charge in [-0.25, -0.2) is 0 Å². The summed E-state index contributed by atoms with van der Waals surface area (Å²) in [6.07, 6.45) is 5.29.